The largest absolute Gasteiger partial charge is 0.380 e. The van der Waals surface area contributed by atoms with E-state index < -0.39 is 0 Å². The van der Waals surface area contributed by atoms with Crippen LogP contribution in [0.5, 0.6) is 0 Å². The maximum absolute atomic E-state index is 7.81. The maximum Gasteiger partial charge on any atom is 0.199 e. The molecule has 0 amide bonds. The van der Waals surface area contributed by atoms with E-state index >= 15 is 0 Å². The second-order valence-electron chi connectivity index (χ2n) is 3.63. The number of amidine groups is 1. The van der Waals surface area contributed by atoms with E-state index in [0.717, 1.165) is 11.3 Å². The van der Waals surface area contributed by atoms with E-state index in [1.165, 1.54) is 0 Å². The zero-order valence-electron chi connectivity index (χ0n) is 9.80. The molecule has 2 rings (SSSR count). The third-order valence-corrected chi connectivity index (χ3v) is 2.26. The summed E-state index contributed by atoms with van der Waals surface area (Å²) in [5, 5.41) is 17.6. The van der Waals surface area contributed by atoms with Gasteiger partial charge in [0.1, 0.15) is 0 Å². The molecule has 1 aromatic heterocycles. The van der Waals surface area contributed by atoms with E-state index in [4.69, 9.17) is 15.9 Å². The number of benzene rings is 1. The van der Waals surface area contributed by atoms with E-state index in [1.54, 1.807) is 7.11 Å². The van der Waals surface area contributed by atoms with Crippen molar-refractivity contribution >= 4 is 17.3 Å². The Kier molecular flexibility index (Phi) is 3.54. The molecule has 0 aliphatic rings. The van der Waals surface area contributed by atoms with Crippen LogP contribution in [-0.2, 0) is 11.3 Å². The Bertz CT molecular complexity index is 552. The van der Waals surface area contributed by atoms with Crippen LogP contribution in [0.25, 0.3) is 0 Å². The van der Waals surface area contributed by atoms with Gasteiger partial charge in [0.15, 0.2) is 17.3 Å². The number of rotatable bonds is 4. The average molecular weight is 247 g/mol. The number of hydrogen-bond acceptors (Lipinski definition) is 6. The van der Waals surface area contributed by atoms with Gasteiger partial charge in [0.25, 0.3) is 0 Å². The van der Waals surface area contributed by atoms with Crippen LogP contribution in [0.4, 0.5) is 11.5 Å². The van der Waals surface area contributed by atoms with Crippen LogP contribution in [0.15, 0.2) is 28.9 Å². The Morgan fingerprint density at radius 3 is 3.00 bits per heavy atom. The number of nitrogens with one attached hydrogen (secondary N) is 2. The topological polar surface area (TPSA) is 110 Å². The number of methoxy groups -OCH3 is 1. The molecule has 0 spiro atoms. The zero-order chi connectivity index (χ0) is 13.0. The first-order chi connectivity index (χ1) is 8.70. The van der Waals surface area contributed by atoms with Gasteiger partial charge < -0.3 is 15.8 Å². The fraction of sp³-hybridized carbons (Fsp3) is 0.182. The molecule has 18 heavy (non-hydrogen) atoms. The van der Waals surface area contributed by atoms with Crippen molar-refractivity contribution in [3.8, 4) is 0 Å². The zero-order valence-corrected chi connectivity index (χ0v) is 9.80. The molecule has 2 aromatic rings. The molecule has 7 nitrogen and oxygen atoms in total. The Hall–Kier alpha value is -2.41. The van der Waals surface area contributed by atoms with Gasteiger partial charge in [-0.15, -0.1) is 0 Å². The molecule has 0 atom stereocenters. The van der Waals surface area contributed by atoms with E-state index in [1.807, 2.05) is 24.3 Å². The van der Waals surface area contributed by atoms with E-state index in [-0.39, 0.29) is 17.3 Å². The van der Waals surface area contributed by atoms with Gasteiger partial charge in [-0.3, -0.25) is 5.41 Å². The summed E-state index contributed by atoms with van der Waals surface area (Å²) in [6.07, 6.45) is 0. The van der Waals surface area contributed by atoms with Gasteiger partial charge in [0, 0.05) is 12.8 Å². The fourth-order valence-corrected chi connectivity index (χ4v) is 1.48. The molecule has 1 aromatic carbocycles. The van der Waals surface area contributed by atoms with Gasteiger partial charge in [-0.25, -0.2) is 4.63 Å². The lowest BCUT2D eigenvalue weighted by molar-refractivity contribution is 0.185. The Labute approximate surface area is 103 Å². The van der Waals surface area contributed by atoms with E-state index in [2.05, 4.69) is 20.3 Å². The van der Waals surface area contributed by atoms with Gasteiger partial charge in [0.2, 0.25) is 0 Å². The predicted molar refractivity (Wildman–Crippen MR) is 66.3 cm³/mol. The van der Waals surface area contributed by atoms with Gasteiger partial charge in [-0.2, -0.15) is 0 Å². The number of aromatic nitrogens is 2. The minimum absolute atomic E-state index is 0.0308. The van der Waals surface area contributed by atoms with Gasteiger partial charge in [0.05, 0.1) is 6.61 Å². The van der Waals surface area contributed by atoms with E-state index in [0.29, 0.717) is 6.61 Å². The van der Waals surface area contributed by atoms with Crippen LogP contribution < -0.4 is 11.1 Å². The summed E-state index contributed by atoms with van der Waals surface area (Å²) < 4.78 is 9.48. The number of anilines is 2. The molecule has 1 heterocycles. The lowest BCUT2D eigenvalue weighted by Gasteiger charge is -2.07. The fourth-order valence-electron chi connectivity index (χ4n) is 1.48. The first-order valence-corrected chi connectivity index (χ1v) is 5.22. The number of nitrogen functional groups attached to an aromatic ring is 1. The summed E-state index contributed by atoms with van der Waals surface area (Å²) >= 11 is 0. The molecule has 7 heteroatoms. The lowest BCUT2D eigenvalue weighted by atomic mass is 10.2. The molecule has 0 saturated carbocycles. The third-order valence-electron chi connectivity index (χ3n) is 2.26. The Morgan fingerprint density at radius 1 is 1.50 bits per heavy atom. The lowest BCUT2D eigenvalue weighted by Crippen LogP contribution is -2.14. The molecule has 0 fully saturated rings. The smallest absolute Gasteiger partial charge is 0.199 e. The standard InChI is InChI=1S/C11H13N5O2/c1-17-6-7-3-2-4-8(5-7)14-10(12)9-11(13)16-18-15-9/h2-5H,6H2,1H3,(H2,12,14)(H2,13,16). The number of nitrogens with two attached hydrogens (primary N) is 1. The predicted octanol–water partition coefficient (Wildman–Crippen LogP) is 1.24. The van der Waals surface area contributed by atoms with Crippen LogP contribution in [0.1, 0.15) is 11.3 Å². The highest BCUT2D eigenvalue weighted by Crippen LogP contribution is 2.13. The normalized spacial score (nSPS) is 10.3. The van der Waals surface area contributed by atoms with Gasteiger partial charge >= 0.3 is 0 Å². The third kappa shape index (κ3) is 2.64. The Balaban J connectivity index is 2.12. The van der Waals surface area contributed by atoms with Crippen molar-refractivity contribution in [3.05, 3.63) is 35.5 Å². The second kappa shape index (κ2) is 5.28. The summed E-state index contributed by atoms with van der Waals surface area (Å²) in [5.41, 5.74) is 7.44. The van der Waals surface area contributed by atoms with Gasteiger partial charge in [-0.1, -0.05) is 12.1 Å². The highest BCUT2D eigenvalue weighted by molar-refractivity contribution is 6.07. The van der Waals surface area contributed by atoms with E-state index in [9.17, 15) is 0 Å². The van der Waals surface area contributed by atoms with Crippen molar-refractivity contribution in [2.75, 3.05) is 18.2 Å². The highest BCUT2D eigenvalue weighted by atomic mass is 16.6. The molecule has 0 radical (unpaired) electrons. The minimum atomic E-state index is 0.0308. The first kappa shape index (κ1) is 12.1. The number of ether oxygens (including phenoxy) is 1. The second-order valence-corrected chi connectivity index (χ2v) is 3.63. The number of hydrogen-bond donors (Lipinski definition) is 3. The summed E-state index contributed by atoms with van der Waals surface area (Å²) in [4.78, 5) is 0. The van der Waals surface area contributed by atoms with Crippen molar-refractivity contribution < 1.29 is 9.37 Å². The monoisotopic (exact) mass is 247 g/mol. The maximum atomic E-state index is 7.81. The molecular weight excluding hydrogens is 234 g/mol. The van der Waals surface area contributed by atoms with Gasteiger partial charge in [-0.05, 0) is 28.0 Å². The summed E-state index contributed by atoms with van der Waals surface area (Å²) in [7, 11) is 1.63. The summed E-state index contributed by atoms with van der Waals surface area (Å²) in [6.45, 7) is 0.510. The summed E-state index contributed by atoms with van der Waals surface area (Å²) in [6, 6.07) is 7.51. The summed E-state index contributed by atoms with van der Waals surface area (Å²) in [5.74, 6) is 0.115. The van der Waals surface area contributed by atoms with Crippen LogP contribution in [-0.4, -0.2) is 23.3 Å². The molecule has 94 valence electrons. The van der Waals surface area contributed by atoms with Crippen LogP contribution in [0, 0.1) is 5.41 Å². The molecule has 0 saturated heterocycles. The molecule has 4 N–H and O–H groups in total. The molecule has 0 bridgehead atoms. The highest BCUT2D eigenvalue weighted by Gasteiger charge is 2.12. The molecular formula is C11H13N5O2. The molecule has 0 aliphatic carbocycles. The van der Waals surface area contributed by atoms with Crippen LogP contribution >= 0.6 is 0 Å². The quantitative estimate of drug-likeness (QED) is 0.553. The molecule has 0 aliphatic heterocycles. The van der Waals surface area contributed by atoms with Crippen molar-refractivity contribution in [2.45, 2.75) is 6.61 Å². The number of nitrogens with zero attached hydrogens (tertiary/aromatic N) is 2. The van der Waals surface area contributed by atoms with Crippen molar-refractivity contribution in [1.29, 1.82) is 5.41 Å². The minimum Gasteiger partial charge on any atom is -0.380 e. The van der Waals surface area contributed by atoms with Crippen molar-refractivity contribution in [1.82, 2.24) is 10.3 Å². The van der Waals surface area contributed by atoms with Crippen molar-refractivity contribution in [2.24, 2.45) is 0 Å². The van der Waals surface area contributed by atoms with Crippen molar-refractivity contribution in [3.63, 3.8) is 0 Å². The SMILES string of the molecule is COCc1cccc(NC(=N)c2nonc2N)c1. The Morgan fingerprint density at radius 2 is 2.33 bits per heavy atom. The molecule has 0 unspecified atom stereocenters. The van der Waals surface area contributed by atoms with Crippen LogP contribution in [0.2, 0.25) is 0 Å². The average Bonchev–Trinajstić information content (AvgIpc) is 2.76. The first-order valence-electron chi connectivity index (χ1n) is 5.22. The van der Waals surface area contributed by atoms with Crippen LogP contribution in [0.3, 0.4) is 0 Å².